The van der Waals surface area contributed by atoms with Gasteiger partial charge in [0.05, 0.1) is 6.04 Å². The van der Waals surface area contributed by atoms with Crippen molar-refractivity contribution in [2.75, 3.05) is 18.6 Å². The first-order valence-corrected chi connectivity index (χ1v) is 5.82. The Morgan fingerprint density at radius 1 is 1.46 bits per heavy atom. The maximum absolute atomic E-state index is 11.4. The molecule has 2 N–H and O–H groups in total. The largest absolute Gasteiger partial charge is 0.351 e. The van der Waals surface area contributed by atoms with Crippen LogP contribution < -0.4 is 10.6 Å². The summed E-state index contributed by atoms with van der Waals surface area (Å²) in [5, 5.41) is 5.85. The molecular formula is C9H20N2OS. The van der Waals surface area contributed by atoms with Crippen molar-refractivity contribution in [1.82, 2.24) is 10.6 Å². The van der Waals surface area contributed by atoms with Crippen LogP contribution in [0.1, 0.15) is 20.8 Å². The molecule has 0 aliphatic carbocycles. The van der Waals surface area contributed by atoms with E-state index in [9.17, 15) is 4.79 Å². The Labute approximate surface area is 85.0 Å². The highest BCUT2D eigenvalue weighted by molar-refractivity contribution is 7.99. The molecule has 0 bridgehead atoms. The molecule has 4 heteroatoms. The van der Waals surface area contributed by atoms with Gasteiger partial charge in [0.15, 0.2) is 0 Å². The third-order valence-electron chi connectivity index (χ3n) is 1.79. The van der Waals surface area contributed by atoms with Crippen molar-refractivity contribution in [1.29, 1.82) is 0 Å². The van der Waals surface area contributed by atoms with Crippen LogP contribution in [-0.2, 0) is 4.79 Å². The van der Waals surface area contributed by atoms with Gasteiger partial charge in [0, 0.05) is 11.8 Å². The summed E-state index contributed by atoms with van der Waals surface area (Å²) in [7, 11) is 1.79. The molecule has 78 valence electrons. The monoisotopic (exact) mass is 204 g/mol. The molecule has 0 heterocycles. The maximum atomic E-state index is 11.4. The van der Waals surface area contributed by atoms with Crippen molar-refractivity contribution in [3.63, 3.8) is 0 Å². The van der Waals surface area contributed by atoms with E-state index in [-0.39, 0.29) is 18.0 Å². The van der Waals surface area contributed by atoms with E-state index in [0.717, 1.165) is 11.5 Å². The quantitative estimate of drug-likeness (QED) is 0.674. The van der Waals surface area contributed by atoms with Crippen LogP contribution in [0.2, 0.25) is 0 Å². The molecule has 0 radical (unpaired) electrons. The summed E-state index contributed by atoms with van der Waals surface area (Å²) >= 11 is 1.84. The zero-order valence-electron chi connectivity index (χ0n) is 8.89. The Morgan fingerprint density at radius 2 is 2.08 bits per heavy atom. The van der Waals surface area contributed by atoms with Crippen molar-refractivity contribution in [3.05, 3.63) is 0 Å². The van der Waals surface area contributed by atoms with Gasteiger partial charge >= 0.3 is 0 Å². The van der Waals surface area contributed by atoms with Gasteiger partial charge in [-0.25, -0.2) is 0 Å². The highest BCUT2D eigenvalue weighted by Gasteiger charge is 2.12. The third kappa shape index (κ3) is 5.93. The molecule has 0 saturated heterocycles. The molecule has 3 nitrogen and oxygen atoms in total. The fraction of sp³-hybridized carbons (Fsp3) is 0.889. The number of amides is 1. The van der Waals surface area contributed by atoms with Crippen LogP contribution in [0.5, 0.6) is 0 Å². The molecule has 0 aromatic carbocycles. The minimum Gasteiger partial charge on any atom is -0.351 e. The molecule has 0 aromatic heterocycles. The lowest BCUT2D eigenvalue weighted by Gasteiger charge is -2.16. The Kier molecular flexibility index (Phi) is 7.09. The molecule has 0 fully saturated rings. The van der Waals surface area contributed by atoms with E-state index in [1.54, 1.807) is 7.05 Å². The Hall–Kier alpha value is -0.220. The standard InChI is InChI=1S/C9H20N2OS/c1-5-13-6-7(2)11-9(12)8(3)10-4/h7-8,10H,5-6H2,1-4H3,(H,11,12). The first-order chi connectivity index (χ1) is 6.11. The number of nitrogens with one attached hydrogen (secondary N) is 2. The van der Waals surface area contributed by atoms with Crippen molar-refractivity contribution < 1.29 is 4.79 Å². The van der Waals surface area contributed by atoms with Gasteiger partial charge in [-0.15, -0.1) is 0 Å². The molecule has 0 spiro atoms. The fourth-order valence-corrected chi connectivity index (χ4v) is 1.51. The number of hydrogen-bond acceptors (Lipinski definition) is 3. The number of hydrogen-bond donors (Lipinski definition) is 2. The molecule has 1 amide bonds. The van der Waals surface area contributed by atoms with Crippen LogP contribution >= 0.6 is 11.8 Å². The SMILES string of the molecule is CCSCC(C)NC(=O)C(C)NC. The van der Waals surface area contributed by atoms with Gasteiger partial charge in [0.1, 0.15) is 0 Å². The summed E-state index contributed by atoms with van der Waals surface area (Å²) in [4.78, 5) is 11.4. The van der Waals surface area contributed by atoms with Crippen molar-refractivity contribution >= 4 is 17.7 Å². The van der Waals surface area contributed by atoms with Gasteiger partial charge in [-0.1, -0.05) is 6.92 Å². The maximum Gasteiger partial charge on any atom is 0.237 e. The summed E-state index contributed by atoms with van der Waals surface area (Å²) in [6.45, 7) is 6.01. The van der Waals surface area contributed by atoms with Gasteiger partial charge in [0.2, 0.25) is 5.91 Å². The van der Waals surface area contributed by atoms with Gasteiger partial charge in [0.25, 0.3) is 0 Å². The normalized spacial score (nSPS) is 15.1. The van der Waals surface area contributed by atoms with Crippen LogP contribution in [0.25, 0.3) is 0 Å². The smallest absolute Gasteiger partial charge is 0.237 e. The van der Waals surface area contributed by atoms with Gasteiger partial charge in [-0.3, -0.25) is 4.79 Å². The van der Waals surface area contributed by atoms with Crippen LogP contribution in [0, 0.1) is 0 Å². The topological polar surface area (TPSA) is 41.1 Å². The lowest BCUT2D eigenvalue weighted by molar-refractivity contribution is -0.123. The first kappa shape index (κ1) is 12.8. The average Bonchev–Trinajstić information content (AvgIpc) is 2.13. The molecule has 0 aliphatic rings. The Morgan fingerprint density at radius 3 is 2.54 bits per heavy atom. The van der Waals surface area contributed by atoms with Gasteiger partial charge in [-0.05, 0) is 26.6 Å². The van der Waals surface area contributed by atoms with Crippen LogP contribution in [0.3, 0.4) is 0 Å². The lowest BCUT2D eigenvalue weighted by atomic mass is 10.3. The summed E-state index contributed by atoms with van der Waals surface area (Å²) in [6.07, 6.45) is 0. The lowest BCUT2D eigenvalue weighted by Crippen LogP contribution is -2.45. The van der Waals surface area contributed by atoms with E-state index < -0.39 is 0 Å². The fourth-order valence-electron chi connectivity index (χ4n) is 0.835. The predicted octanol–water partition coefficient (Wildman–Crippen LogP) is 0.852. The van der Waals surface area contributed by atoms with E-state index in [2.05, 4.69) is 17.6 Å². The van der Waals surface area contributed by atoms with E-state index >= 15 is 0 Å². The second-order valence-corrected chi connectivity index (χ2v) is 4.40. The number of rotatable bonds is 6. The van der Waals surface area contributed by atoms with E-state index in [0.29, 0.717) is 0 Å². The number of carbonyl (C=O) groups is 1. The molecule has 0 saturated carbocycles. The summed E-state index contributed by atoms with van der Waals surface area (Å²) in [5.74, 6) is 2.16. The highest BCUT2D eigenvalue weighted by atomic mass is 32.2. The first-order valence-electron chi connectivity index (χ1n) is 4.67. The van der Waals surface area contributed by atoms with Gasteiger partial charge < -0.3 is 10.6 Å². The minimum absolute atomic E-state index is 0.0757. The average molecular weight is 204 g/mol. The summed E-state index contributed by atoms with van der Waals surface area (Å²) in [5.41, 5.74) is 0. The third-order valence-corrected chi connectivity index (χ3v) is 2.93. The van der Waals surface area contributed by atoms with E-state index in [4.69, 9.17) is 0 Å². The molecular weight excluding hydrogens is 184 g/mol. The Balaban J connectivity index is 3.64. The van der Waals surface area contributed by atoms with Crippen LogP contribution in [0.15, 0.2) is 0 Å². The molecule has 0 rings (SSSR count). The Bertz CT molecular complexity index is 153. The molecule has 13 heavy (non-hydrogen) atoms. The van der Waals surface area contributed by atoms with Crippen LogP contribution in [0.4, 0.5) is 0 Å². The number of carbonyl (C=O) groups excluding carboxylic acids is 1. The zero-order chi connectivity index (χ0) is 10.3. The minimum atomic E-state index is -0.103. The second-order valence-electron chi connectivity index (χ2n) is 3.08. The van der Waals surface area contributed by atoms with Crippen molar-refractivity contribution in [3.8, 4) is 0 Å². The van der Waals surface area contributed by atoms with Crippen molar-refractivity contribution in [2.24, 2.45) is 0 Å². The molecule has 0 aromatic rings. The highest BCUT2D eigenvalue weighted by Crippen LogP contribution is 2.01. The predicted molar refractivity (Wildman–Crippen MR) is 59.1 cm³/mol. The van der Waals surface area contributed by atoms with Crippen LogP contribution in [-0.4, -0.2) is 36.5 Å². The van der Waals surface area contributed by atoms with E-state index in [1.807, 2.05) is 25.6 Å². The van der Waals surface area contributed by atoms with E-state index in [1.165, 1.54) is 0 Å². The second kappa shape index (κ2) is 7.21. The number of likely N-dealkylation sites (N-methyl/N-ethyl adjacent to an activating group) is 1. The van der Waals surface area contributed by atoms with Gasteiger partial charge in [-0.2, -0.15) is 11.8 Å². The molecule has 0 aliphatic heterocycles. The summed E-state index contributed by atoms with van der Waals surface area (Å²) < 4.78 is 0. The number of thioether (sulfide) groups is 1. The summed E-state index contributed by atoms with van der Waals surface area (Å²) in [6, 6.07) is 0.155. The molecule has 2 atom stereocenters. The molecule has 2 unspecified atom stereocenters. The van der Waals surface area contributed by atoms with Crippen molar-refractivity contribution in [2.45, 2.75) is 32.9 Å². The zero-order valence-corrected chi connectivity index (χ0v) is 9.70.